The molecule has 1 aromatic rings. The summed E-state index contributed by atoms with van der Waals surface area (Å²) in [5, 5.41) is 17.8. The van der Waals surface area contributed by atoms with Gasteiger partial charge in [0.1, 0.15) is 5.82 Å². The van der Waals surface area contributed by atoms with Gasteiger partial charge in [-0.15, -0.1) is 0 Å². The molecule has 24 heavy (non-hydrogen) atoms. The molecule has 0 bridgehead atoms. The summed E-state index contributed by atoms with van der Waals surface area (Å²) in [7, 11) is 0. The van der Waals surface area contributed by atoms with E-state index >= 15 is 0 Å². The summed E-state index contributed by atoms with van der Waals surface area (Å²) in [4.78, 5) is 19.3. The van der Waals surface area contributed by atoms with Crippen LogP contribution in [0.3, 0.4) is 0 Å². The van der Waals surface area contributed by atoms with Crippen molar-refractivity contribution in [3.63, 3.8) is 0 Å². The zero-order valence-corrected chi connectivity index (χ0v) is 14.7. The van der Waals surface area contributed by atoms with Crippen LogP contribution >= 0.6 is 0 Å². The average molecular weight is 332 g/mol. The molecular weight excluding hydrogens is 304 g/mol. The van der Waals surface area contributed by atoms with Gasteiger partial charge in [0.25, 0.3) is 0 Å². The Morgan fingerprint density at radius 1 is 1.38 bits per heavy atom. The van der Waals surface area contributed by atoms with Gasteiger partial charge in [0, 0.05) is 24.9 Å². The molecule has 1 saturated heterocycles. The molecule has 132 valence electrons. The van der Waals surface area contributed by atoms with E-state index in [1.54, 1.807) is 0 Å². The van der Waals surface area contributed by atoms with Crippen LogP contribution < -0.4 is 0 Å². The van der Waals surface area contributed by atoms with Gasteiger partial charge < -0.3 is 10.0 Å². The van der Waals surface area contributed by atoms with E-state index in [1.807, 2.05) is 4.90 Å². The summed E-state index contributed by atoms with van der Waals surface area (Å²) in [6.07, 6.45) is 5.37. The minimum atomic E-state index is -0.735. The number of likely N-dealkylation sites (tertiary alicyclic amines) is 1. The fourth-order valence-corrected chi connectivity index (χ4v) is 4.19. The van der Waals surface area contributed by atoms with E-state index in [0.717, 1.165) is 37.5 Å². The van der Waals surface area contributed by atoms with E-state index in [9.17, 15) is 9.90 Å². The van der Waals surface area contributed by atoms with Gasteiger partial charge in [-0.25, -0.2) is 4.98 Å². The second kappa shape index (κ2) is 5.83. The third kappa shape index (κ3) is 2.96. The van der Waals surface area contributed by atoms with Gasteiger partial charge >= 0.3 is 0 Å². The highest BCUT2D eigenvalue weighted by Crippen LogP contribution is 2.47. The van der Waals surface area contributed by atoms with Crippen molar-refractivity contribution >= 4 is 5.91 Å². The Kier molecular flexibility index (Phi) is 3.90. The maximum absolute atomic E-state index is 12.7. The van der Waals surface area contributed by atoms with E-state index in [0.29, 0.717) is 24.3 Å². The smallest absolute Gasteiger partial charge is 0.225 e. The molecule has 0 radical (unpaired) electrons. The van der Waals surface area contributed by atoms with Crippen LogP contribution in [0.2, 0.25) is 0 Å². The third-order valence-corrected chi connectivity index (χ3v) is 6.10. The van der Waals surface area contributed by atoms with E-state index < -0.39 is 5.60 Å². The minimum absolute atomic E-state index is 0.106. The topological polar surface area (TPSA) is 82.1 Å². The monoisotopic (exact) mass is 332 g/mol. The Bertz CT molecular complexity index is 618. The quantitative estimate of drug-likeness (QED) is 0.866. The Morgan fingerprint density at radius 2 is 2.12 bits per heavy atom. The van der Waals surface area contributed by atoms with Gasteiger partial charge in [-0.05, 0) is 43.9 Å². The van der Waals surface area contributed by atoms with Crippen molar-refractivity contribution in [2.75, 3.05) is 13.1 Å². The van der Waals surface area contributed by atoms with Gasteiger partial charge in [0.2, 0.25) is 5.91 Å². The molecule has 6 heteroatoms. The first-order valence-electron chi connectivity index (χ1n) is 9.37. The highest BCUT2D eigenvalue weighted by molar-refractivity contribution is 5.78. The molecule has 2 heterocycles. The summed E-state index contributed by atoms with van der Waals surface area (Å²) in [6, 6.07) is 0. The molecule has 4 rings (SSSR count). The van der Waals surface area contributed by atoms with Crippen molar-refractivity contribution in [2.45, 2.75) is 69.8 Å². The largest absolute Gasteiger partial charge is 0.389 e. The molecule has 0 spiro atoms. The predicted octanol–water partition coefficient (Wildman–Crippen LogP) is 2.19. The molecule has 2 N–H and O–H groups in total. The Hall–Kier alpha value is -1.43. The van der Waals surface area contributed by atoms with Crippen LogP contribution in [0.4, 0.5) is 0 Å². The van der Waals surface area contributed by atoms with E-state index in [4.69, 9.17) is 4.98 Å². The van der Waals surface area contributed by atoms with Gasteiger partial charge in [-0.1, -0.05) is 13.8 Å². The van der Waals surface area contributed by atoms with Crippen LogP contribution in [0, 0.1) is 11.8 Å². The summed E-state index contributed by atoms with van der Waals surface area (Å²) >= 11 is 0. The van der Waals surface area contributed by atoms with Crippen molar-refractivity contribution in [1.29, 1.82) is 0 Å². The number of hydrogen-bond donors (Lipinski definition) is 2. The summed E-state index contributed by atoms with van der Waals surface area (Å²) < 4.78 is 0. The van der Waals surface area contributed by atoms with Crippen LogP contribution in [-0.4, -0.2) is 49.8 Å². The number of hydrogen-bond acceptors (Lipinski definition) is 4. The number of aliphatic hydroxyl groups is 1. The van der Waals surface area contributed by atoms with Crippen LogP contribution in [0.1, 0.15) is 75.9 Å². The number of carbonyl (C=O) groups is 1. The lowest BCUT2D eigenvalue weighted by atomic mass is 9.77. The van der Waals surface area contributed by atoms with Crippen LogP contribution in [0.15, 0.2) is 0 Å². The standard InChI is InChI=1S/C18H28N4O2/c1-11(2)16-19-17(21-20-16)14-10-22(9-13(14)12-4-5-12)15(23)8-18(24)6-3-7-18/h11-14,24H,3-10H2,1-2H3,(H,19,20,21)/t13-,14+/m1/s1. The number of aromatic amines is 1. The zero-order chi connectivity index (χ0) is 16.9. The molecule has 2 aliphatic carbocycles. The van der Waals surface area contributed by atoms with Crippen LogP contribution in [0.25, 0.3) is 0 Å². The summed E-state index contributed by atoms with van der Waals surface area (Å²) in [5.74, 6) is 3.67. The molecule has 3 fully saturated rings. The summed E-state index contributed by atoms with van der Waals surface area (Å²) in [5.41, 5.74) is -0.735. The second-order valence-corrected chi connectivity index (χ2v) is 8.39. The molecule has 1 amide bonds. The first-order valence-corrected chi connectivity index (χ1v) is 9.37. The van der Waals surface area contributed by atoms with Gasteiger partial charge in [-0.3, -0.25) is 9.89 Å². The molecule has 1 aliphatic heterocycles. The van der Waals surface area contributed by atoms with Gasteiger partial charge in [-0.2, -0.15) is 5.10 Å². The first-order chi connectivity index (χ1) is 11.5. The number of carbonyl (C=O) groups excluding carboxylic acids is 1. The SMILES string of the molecule is CC(C)c1n[nH]c([C@H]2CN(C(=O)CC3(O)CCC3)C[C@@H]2C2CC2)n1. The van der Waals surface area contributed by atoms with Crippen molar-refractivity contribution < 1.29 is 9.90 Å². The van der Waals surface area contributed by atoms with Gasteiger partial charge in [0.05, 0.1) is 12.0 Å². The van der Waals surface area contributed by atoms with E-state index in [-0.39, 0.29) is 18.2 Å². The van der Waals surface area contributed by atoms with Crippen molar-refractivity contribution in [3.05, 3.63) is 11.6 Å². The first kappa shape index (κ1) is 16.1. The number of rotatable bonds is 5. The third-order valence-electron chi connectivity index (χ3n) is 6.10. The maximum Gasteiger partial charge on any atom is 0.225 e. The fourth-order valence-electron chi connectivity index (χ4n) is 4.19. The zero-order valence-electron chi connectivity index (χ0n) is 14.7. The number of nitrogens with one attached hydrogen (secondary N) is 1. The van der Waals surface area contributed by atoms with Crippen molar-refractivity contribution in [1.82, 2.24) is 20.1 Å². The van der Waals surface area contributed by atoms with Gasteiger partial charge in [0.15, 0.2) is 5.82 Å². The Balaban J connectivity index is 1.48. The number of nitrogens with zero attached hydrogens (tertiary/aromatic N) is 3. The second-order valence-electron chi connectivity index (χ2n) is 8.39. The van der Waals surface area contributed by atoms with E-state index in [1.165, 1.54) is 12.8 Å². The van der Waals surface area contributed by atoms with Crippen LogP contribution in [-0.2, 0) is 4.79 Å². The number of H-pyrrole nitrogens is 1. The van der Waals surface area contributed by atoms with E-state index in [2.05, 4.69) is 24.0 Å². The molecule has 2 atom stereocenters. The molecule has 3 aliphatic rings. The predicted molar refractivity (Wildman–Crippen MR) is 89.4 cm³/mol. The molecule has 1 aromatic heterocycles. The molecular formula is C18H28N4O2. The minimum Gasteiger partial charge on any atom is -0.389 e. The lowest BCUT2D eigenvalue weighted by molar-refractivity contribution is -0.139. The normalized spacial score (nSPS) is 29.1. The van der Waals surface area contributed by atoms with Crippen molar-refractivity contribution in [3.8, 4) is 0 Å². The Labute approximate surface area is 143 Å². The number of aromatic nitrogens is 3. The lowest BCUT2D eigenvalue weighted by Crippen LogP contribution is -2.43. The van der Waals surface area contributed by atoms with Crippen LogP contribution in [0.5, 0.6) is 0 Å². The lowest BCUT2D eigenvalue weighted by Gasteiger charge is -2.37. The highest BCUT2D eigenvalue weighted by atomic mass is 16.3. The van der Waals surface area contributed by atoms with Crippen molar-refractivity contribution in [2.24, 2.45) is 11.8 Å². The number of amides is 1. The Morgan fingerprint density at radius 3 is 2.67 bits per heavy atom. The molecule has 2 saturated carbocycles. The molecule has 0 aromatic carbocycles. The average Bonchev–Trinajstić information content (AvgIpc) is 3.07. The highest BCUT2D eigenvalue weighted by Gasteiger charge is 2.47. The maximum atomic E-state index is 12.7. The fraction of sp³-hybridized carbons (Fsp3) is 0.833. The summed E-state index contributed by atoms with van der Waals surface area (Å²) in [6.45, 7) is 5.70. The molecule has 6 nitrogen and oxygen atoms in total. The molecule has 0 unspecified atom stereocenters.